The molecule has 0 aliphatic carbocycles. The molecule has 10 heteroatoms. The number of aromatic nitrogens is 2. The van der Waals surface area contributed by atoms with Crippen molar-refractivity contribution in [2.75, 3.05) is 14.2 Å². The Balaban J connectivity index is 2.26. The van der Waals surface area contributed by atoms with Gasteiger partial charge in [-0.15, -0.1) is 0 Å². The quantitative estimate of drug-likeness (QED) is 0.427. The monoisotopic (exact) mass is 489 g/mol. The van der Waals surface area contributed by atoms with Gasteiger partial charge in [-0.05, 0) is 23.0 Å². The first-order valence-electron chi connectivity index (χ1n) is 11.4. The molecule has 0 saturated heterocycles. The van der Waals surface area contributed by atoms with Crippen LogP contribution in [0.3, 0.4) is 0 Å². The number of carbonyl (C=O) groups excluding carboxylic acids is 4. The van der Waals surface area contributed by atoms with E-state index in [9.17, 15) is 19.2 Å². The van der Waals surface area contributed by atoms with Crippen molar-refractivity contribution < 1.29 is 33.2 Å². The molecule has 2 aromatic rings. The Morgan fingerprint density at radius 3 is 1.83 bits per heavy atom. The first kappa shape index (κ1) is 27.8. The second kappa shape index (κ2) is 10.9. The molecule has 0 radical (unpaired) electrons. The highest BCUT2D eigenvalue weighted by molar-refractivity contribution is 5.86. The zero-order valence-electron chi connectivity index (χ0n) is 21.8. The molecule has 0 bridgehead atoms. The molecule has 0 spiro atoms. The fraction of sp³-hybridized carbons (Fsp3) is 0.560. The summed E-state index contributed by atoms with van der Waals surface area (Å²) in [4.78, 5) is 50.1. The van der Waals surface area contributed by atoms with Gasteiger partial charge in [0.25, 0.3) is 11.8 Å². The maximum Gasteiger partial charge on any atom is 0.328 e. The van der Waals surface area contributed by atoms with Crippen molar-refractivity contribution in [3.8, 4) is 0 Å². The Kier molecular flexibility index (Phi) is 8.64. The van der Waals surface area contributed by atoms with Gasteiger partial charge in [0.15, 0.2) is 24.1 Å². The smallest absolute Gasteiger partial charge is 0.328 e. The Morgan fingerprint density at radius 2 is 1.34 bits per heavy atom. The van der Waals surface area contributed by atoms with Gasteiger partial charge in [0.2, 0.25) is 6.33 Å². The van der Waals surface area contributed by atoms with Crippen LogP contribution < -0.4 is 15.2 Å². The first-order valence-corrected chi connectivity index (χ1v) is 11.4. The second-order valence-electron chi connectivity index (χ2n) is 10.6. The van der Waals surface area contributed by atoms with Gasteiger partial charge in [0.1, 0.15) is 12.1 Å². The van der Waals surface area contributed by atoms with E-state index < -0.39 is 34.9 Å². The van der Waals surface area contributed by atoms with E-state index >= 15 is 0 Å². The van der Waals surface area contributed by atoms with Crippen LogP contribution in [0.4, 0.5) is 0 Å². The fourth-order valence-corrected chi connectivity index (χ4v) is 3.71. The molecule has 2 amide bonds. The van der Waals surface area contributed by atoms with Crippen LogP contribution >= 0.6 is 0 Å². The third kappa shape index (κ3) is 7.03. The maximum atomic E-state index is 12.8. The van der Waals surface area contributed by atoms with E-state index in [0.29, 0.717) is 0 Å². The molecule has 2 rings (SSSR count). The number of imidazole rings is 1. The summed E-state index contributed by atoms with van der Waals surface area (Å²) in [7, 11) is 2.57. The molecule has 0 aliphatic rings. The number of rotatable bonds is 8. The minimum Gasteiger partial charge on any atom is -0.467 e. The van der Waals surface area contributed by atoms with E-state index in [1.807, 2.05) is 65.8 Å². The zero-order chi connectivity index (χ0) is 26.6. The number of esters is 2. The van der Waals surface area contributed by atoms with E-state index in [4.69, 9.17) is 9.47 Å². The van der Waals surface area contributed by atoms with Gasteiger partial charge in [-0.1, -0.05) is 53.7 Å². The van der Waals surface area contributed by atoms with Gasteiger partial charge in [-0.3, -0.25) is 9.59 Å². The lowest BCUT2D eigenvalue weighted by molar-refractivity contribution is -0.659. The topological polar surface area (TPSA) is 120 Å². The summed E-state index contributed by atoms with van der Waals surface area (Å²) in [5.74, 6) is -1.78. The summed E-state index contributed by atoms with van der Waals surface area (Å²) in [6, 6.07) is 5.72. The normalized spacial score (nSPS) is 13.6. The van der Waals surface area contributed by atoms with Crippen LogP contribution in [0, 0.1) is 10.8 Å². The number of ether oxygens (including phenoxy) is 2. The number of hydrogen-bond donors (Lipinski definition) is 2. The van der Waals surface area contributed by atoms with E-state index in [0.717, 1.165) is 11.0 Å². The Bertz CT molecular complexity index is 1010. The van der Waals surface area contributed by atoms with Gasteiger partial charge in [-0.2, -0.15) is 0 Å². The predicted octanol–water partition coefficient (Wildman–Crippen LogP) is 1.34. The molecule has 1 heterocycles. The maximum absolute atomic E-state index is 12.8. The summed E-state index contributed by atoms with van der Waals surface area (Å²) in [5, 5.41) is 5.52. The Hall–Kier alpha value is -3.43. The van der Waals surface area contributed by atoms with Crippen LogP contribution in [-0.4, -0.2) is 54.6 Å². The highest BCUT2D eigenvalue weighted by atomic mass is 16.5. The van der Waals surface area contributed by atoms with Crippen molar-refractivity contribution in [1.29, 1.82) is 0 Å². The molecular weight excluding hydrogens is 452 g/mol. The lowest BCUT2D eigenvalue weighted by Crippen LogP contribution is -2.53. The number of nitrogens with zero attached hydrogens (tertiary/aromatic N) is 2. The third-order valence-corrected chi connectivity index (χ3v) is 5.62. The molecule has 0 unspecified atom stereocenters. The van der Waals surface area contributed by atoms with Crippen LogP contribution in [0.2, 0.25) is 0 Å². The Labute approximate surface area is 206 Å². The summed E-state index contributed by atoms with van der Waals surface area (Å²) in [6.45, 7) is 10.9. The van der Waals surface area contributed by atoms with Crippen molar-refractivity contribution in [3.63, 3.8) is 0 Å². The lowest BCUT2D eigenvalue weighted by atomic mass is 9.86. The average Bonchev–Trinajstić information content (AvgIpc) is 3.10. The first-order chi connectivity index (χ1) is 16.2. The average molecular weight is 490 g/mol. The van der Waals surface area contributed by atoms with Crippen LogP contribution in [0.5, 0.6) is 0 Å². The summed E-state index contributed by atoms with van der Waals surface area (Å²) in [5.41, 5.74) is 0.396. The number of methoxy groups -OCH3 is 2. The lowest BCUT2D eigenvalue weighted by Gasteiger charge is -2.28. The van der Waals surface area contributed by atoms with Gasteiger partial charge in [-0.25, -0.2) is 18.7 Å². The van der Waals surface area contributed by atoms with E-state index in [1.54, 1.807) is 15.5 Å². The number of hydrogen-bond acceptors (Lipinski definition) is 6. The summed E-state index contributed by atoms with van der Waals surface area (Å²) < 4.78 is 13.1. The molecule has 192 valence electrons. The number of fused-ring (bicyclic) bond motifs is 1. The Morgan fingerprint density at radius 1 is 0.857 bits per heavy atom. The van der Waals surface area contributed by atoms with Crippen LogP contribution in [0.15, 0.2) is 30.6 Å². The standard InChI is InChI=1S/C25H36N4O6/c1-24(2,3)20(22(32)34-7)26-18(30)13-28-15-29(17-12-10-9-11-16(17)28)14-19(31)27-21(23(33)35-8)25(4,5)6/h9-12,15,20-21H,13-14H2,1-8H3,(H-,26,27,30,31)/p+1/t20-,21-/m1/s1. The van der Waals surface area contributed by atoms with E-state index in [1.165, 1.54) is 14.2 Å². The molecule has 10 nitrogen and oxygen atoms in total. The molecule has 1 aromatic carbocycles. The van der Waals surface area contributed by atoms with Crippen molar-refractivity contribution in [2.24, 2.45) is 10.8 Å². The molecule has 0 aliphatic heterocycles. The number of carbonyl (C=O) groups is 4. The van der Waals surface area contributed by atoms with Crippen LogP contribution in [0.25, 0.3) is 11.0 Å². The minimum atomic E-state index is -0.813. The summed E-state index contributed by atoms with van der Waals surface area (Å²) >= 11 is 0. The van der Waals surface area contributed by atoms with Crippen molar-refractivity contribution in [3.05, 3.63) is 30.6 Å². The largest absolute Gasteiger partial charge is 0.467 e. The SMILES string of the molecule is COC(=O)[C@@H](NC(=O)Cn1c[n+](CC(=O)N[C@H](C(=O)OC)C(C)(C)C)c2ccccc21)C(C)(C)C. The number of nitrogens with one attached hydrogen (secondary N) is 2. The van der Waals surface area contributed by atoms with E-state index in [-0.39, 0.29) is 24.9 Å². The zero-order valence-corrected chi connectivity index (χ0v) is 21.8. The molecule has 2 atom stereocenters. The fourth-order valence-electron chi connectivity index (χ4n) is 3.71. The molecule has 0 fully saturated rings. The molecule has 2 N–H and O–H groups in total. The predicted molar refractivity (Wildman–Crippen MR) is 129 cm³/mol. The molecular formula is C25H37N4O6+. The van der Waals surface area contributed by atoms with Gasteiger partial charge >= 0.3 is 11.9 Å². The van der Waals surface area contributed by atoms with Crippen molar-refractivity contribution in [2.45, 2.75) is 66.7 Å². The molecule has 35 heavy (non-hydrogen) atoms. The number of benzene rings is 1. The van der Waals surface area contributed by atoms with Crippen molar-refractivity contribution >= 4 is 34.8 Å². The number of para-hydroxylation sites is 2. The molecule has 1 aromatic heterocycles. The highest BCUT2D eigenvalue weighted by Crippen LogP contribution is 2.21. The van der Waals surface area contributed by atoms with Crippen molar-refractivity contribution in [1.82, 2.24) is 15.2 Å². The minimum absolute atomic E-state index is 0.0640. The van der Waals surface area contributed by atoms with E-state index in [2.05, 4.69) is 10.6 Å². The third-order valence-electron chi connectivity index (χ3n) is 5.62. The van der Waals surface area contributed by atoms with Gasteiger partial charge in [0, 0.05) is 0 Å². The second-order valence-corrected chi connectivity index (χ2v) is 10.6. The van der Waals surface area contributed by atoms with Gasteiger partial charge in [0.05, 0.1) is 14.2 Å². The highest BCUT2D eigenvalue weighted by Gasteiger charge is 2.35. The van der Waals surface area contributed by atoms with Gasteiger partial charge < -0.3 is 20.1 Å². The van der Waals surface area contributed by atoms with Crippen LogP contribution in [-0.2, 0) is 41.7 Å². The van der Waals surface area contributed by atoms with Crippen LogP contribution in [0.1, 0.15) is 41.5 Å². The summed E-state index contributed by atoms with van der Waals surface area (Å²) in [6.07, 6.45) is 1.66. The number of amides is 2. The molecule has 0 saturated carbocycles.